The summed E-state index contributed by atoms with van der Waals surface area (Å²) in [5, 5.41) is 14.6. The summed E-state index contributed by atoms with van der Waals surface area (Å²) in [5.74, 6) is -0.311. The number of imidazole rings is 1. The number of halogens is 1. The molecule has 2 N–H and O–H groups in total. The lowest BCUT2D eigenvalue weighted by molar-refractivity contribution is 0.0963. The Hall–Kier alpha value is -3.40. The van der Waals surface area contributed by atoms with E-state index >= 15 is 0 Å². The average molecular weight is 323 g/mol. The second-order valence-electron chi connectivity index (χ2n) is 5.21. The fraction of sp³-hybridized carbons (Fsp3) is 0.118. The van der Waals surface area contributed by atoms with Gasteiger partial charge in [-0.2, -0.15) is 5.26 Å². The molecule has 0 radical (unpaired) electrons. The van der Waals surface area contributed by atoms with E-state index in [0.29, 0.717) is 28.2 Å². The van der Waals surface area contributed by atoms with Crippen LogP contribution in [0, 0.1) is 17.1 Å². The maximum atomic E-state index is 13.7. The van der Waals surface area contributed by atoms with Gasteiger partial charge in [-0.3, -0.25) is 4.79 Å². The molecule has 0 fully saturated rings. The van der Waals surface area contributed by atoms with Gasteiger partial charge in [0.05, 0.1) is 16.6 Å². The number of benzene rings is 2. The SMILES string of the molecule is CNC(=O)c1cccc(Nc2nc3cc(F)c(C#N)cc3n2C)c1. The van der Waals surface area contributed by atoms with Crippen molar-refractivity contribution >= 4 is 28.6 Å². The number of hydrogen-bond donors (Lipinski definition) is 2. The molecular weight excluding hydrogens is 309 g/mol. The first-order valence-electron chi connectivity index (χ1n) is 7.18. The molecule has 2 aromatic carbocycles. The van der Waals surface area contributed by atoms with Gasteiger partial charge in [0, 0.05) is 31.4 Å². The van der Waals surface area contributed by atoms with Gasteiger partial charge in [0.25, 0.3) is 5.91 Å². The van der Waals surface area contributed by atoms with E-state index in [4.69, 9.17) is 5.26 Å². The van der Waals surface area contributed by atoms with Crippen LogP contribution in [-0.2, 0) is 7.05 Å². The number of amides is 1. The van der Waals surface area contributed by atoms with Gasteiger partial charge in [-0.1, -0.05) is 6.07 Å². The van der Waals surface area contributed by atoms with Crippen molar-refractivity contribution in [1.29, 1.82) is 5.26 Å². The normalized spacial score (nSPS) is 10.4. The Balaban J connectivity index is 2.01. The van der Waals surface area contributed by atoms with Crippen molar-refractivity contribution in [2.45, 2.75) is 0 Å². The summed E-state index contributed by atoms with van der Waals surface area (Å²) < 4.78 is 15.5. The van der Waals surface area contributed by atoms with Crippen LogP contribution in [0.5, 0.6) is 0 Å². The summed E-state index contributed by atoms with van der Waals surface area (Å²) in [7, 11) is 3.33. The molecule has 0 aliphatic heterocycles. The molecule has 6 nitrogen and oxygen atoms in total. The molecule has 0 aliphatic rings. The van der Waals surface area contributed by atoms with Crippen LogP contribution in [0.3, 0.4) is 0 Å². The topological polar surface area (TPSA) is 82.7 Å². The van der Waals surface area contributed by atoms with Gasteiger partial charge in [0.15, 0.2) is 0 Å². The Morgan fingerprint density at radius 3 is 2.83 bits per heavy atom. The van der Waals surface area contributed by atoms with Crippen molar-refractivity contribution in [2.24, 2.45) is 7.05 Å². The van der Waals surface area contributed by atoms with Crippen LogP contribution in [-0.4, -0.2) is 22.5 Å². The first kappa shape index (κ1) is 15.5. The highest BCUT2D eigenvalue weighted by Crippen LogP contribution is 2.24. The number of fused-ring (bicyclic) bond motifs is 1. The molecule has 1 amide bonds. The average Bonchev–Trinajstić information content (AvgIpc) is 2.88. The molecule has 0 spiro atoms. The fourth-order valence-electron chi connectivity index (χ4n) is 2.42. The summed E-state index contributed by atoms with van der Waals surface area (Å²) >= 11 is 0. The van der Waals surface area contributed by atoms with E-state index < -0.39 is 5.82 Å². The molecule has 3 aromatic rings. The lowest BCUT2D eigenvalue weighted by Gasteiger charge is -2.08. The molecule has 1 heterocycles. The number of aryl methyl sites for hydroxylation is 1. The van der Waals surface area contributed by atoms with Crippen LogP contribution in [0.2, 0.25) is 0 Å². The third-order valence-corrected chi connectivity index (χ3v) is 3.70. The zero-order valence-corrected chi connectivity index (χ0v) is 13.1. The Labute approximate surface area is 137 Å². The highest BCUT2D eigenvalue weighted by atomic mass is 19.1. The lowest BCUT2D eigenvalue weighted by Crippen LogP contribution is -2.17. The molecule has 0 aliphatic carbocycles. The number of nitrogens with zero attached hydrogens (tertiary/aromatic N) is 3. The molecule has 0 atom stereocenters. The molecule has 1 aromatic heterocycles. The minimum absolute atomic E-state index is 0.0290. The smallest absolute Gasteiger partial charge is 0.251 e. The fourth-order valence-corrected chi connectivity index (χ4v) is 2.42. The highest BCUT2D eigenvalue weighted by Gasteiger charge is 2.13. The van der Waals surface area contributed by atoms with E-state index in [1.54, 1.807) is 42.9 Å². The zero-order valence-electron chi connectivity index (χ0n) is 13.1. The summed E-state index contributed by atoms with van der Waals surface area (Å²) in [6.07, 6.45) is 0. The number of carbonyl (C=O) groups excluding carboxylic acids is 1. The van der Waals surface area contributed by atoms with E-state index in [2.05, 4.69) is 15.6 Å². The lowest BCUT2D eigenvalue weighted by atomic mass is 10.2. The maximum Gasteiger partial charge on any atom is 0.251 e. The maximum absolute atomic E-state index is 13.7. The van der Waals surface area contributed by atoms with Crippen LogP contribution >= 0.6 is 0 Å². The van der Waals surface area contributed by atoms with Crippen molar-refractivity contribution in [2.75, 3.05) is 12.4 Å². The van der Waals surface area contributed by atoms with Crippen molar-refractivity contribution in [3.05, 3.63) is 53.3 Å². The zero-order chi connectivity index (χ0) is 17.3. The molecule has 24 heavy (non-hydrogen) atoms. The van der Waals surface area contributed by atoms with Gasteiger partial charge in [0.2, 0.25) is 5.95 Å². The quantitative estimate of drug-likeness (QED) is 0.776. The summed E-state index contributed by atoms with van der Waals surface area (Å²) in [5.41, 5.74) is 2.24. The van der Waals surface area contributed by atoms with Crippen molar-refractivity contribution < 1.29 is 9.18 Å². The third-order valence-electron chi connectivity index (χ3n) is 3.70. The Kier molecular flexibility index (Phi) is 3.88. The largest absolute Gasteiger partial charge is 0.355 e. The van der Waals surface area contributed by atoms with Gasteiger partial charge in [0.1, 0.15) is 11.9 Å². The van der Waals surface area contributed by atoms with E-state index in [0.717, 1.165) is 0 Å². The second kappa shape index (κ2) is 6.01. The highest BCUT2D eigenvalue weighted by molar-refractivity contribution is 5.95. The molecule has 0 saturated heterocycles. The van der Waals surface area contributed by atoms with Gasteiger partial charge in [-0.05, 0) is 24.3 Å². The molecule has 0 saturated carbocycles. The minimum Gasteiger partial charge on any atom is -0.355 e. The molecule has 3 rings (SSSR count). The number of nitriles is 1. The summed E-state index contributed by atoms with van der Waals surface area (Å²) in [6.45, 7) is 0. The van der Waals surface area contributed by atoms with Gasteiger partial charge >= 0.3 is 0 Å². The summed E-state index contributed by atoms with van der Waals surface area (Å²) in [6, 6.07) is 11.5. The first-order chi connectivity index (χ1) is 11.5. The molecule has 120 valence electrons. The van der Waals surface area contributed by atoms with Crippen molar-refractivity contribution in [1.82, 2.24) is 14.9 Å². The van der Waals surface area contributed by atoms with Gasteiger partial charge < -0.3 is 15.2 Å². The van der Waals surface area contributed by atoms with Crippen LogP contribution in [0.1, 0.15) is 15.9 Å². The van der Waals surface area contributed by atoms with E-state index in [1.807, 2.05) is 6.07 Å². The monoisotopic (exact) mass is 323 g/mol. The van der Waals surface area contributed by atoms with Crippen molar-refractivity contribution in [3.8, 4) is 6.07 Å². The van der Waals surface area contributed by atoms with E-state index in [9.17, 15) is 9.18 Å². The number of nitrogens with one attached hydrogen (secondary N) is 2. The van der Waals surface area contributed by atoms with Gasteiger partial charge in [-0.25, -0.2) is 9.37 Å². The number of rotatable bonds is 3. The van der Waals surface area contributed by atoms with E-state index in [1.165, 1.54) is 12.1 Å². The second-order valence-corrected chi connectivity index (χ2v) is 5.21. The van der Waals surface area contributed by atoms with E-state index in [-0.39, 0.29) is 11.5 Å². The Morgan fingerprint density at radius 2 is 2.12 bits per heavy atom. The van der Waals surface area contributed by atoms with Crippen molar-refractivity contribution in [3.63, 3.8) is 0 Å². The standard InChI is InChI=1S/C17H14FN5O/c1-20-16(24)10-4-3-5-12(6-10)21-17-22-14-8-13(18)11(9-19)7-15(14)23(17)2/h3-8H,1-2H3,(H,20,24)(H,21,22). The minimum atomic E-state index is -0.601. The molecular formula is C17H14FN5O. The number of anilines is 2. The molecule has 0 unspecified atom stereocenters. The van der Waals surface area contributed by atoms with Crippen LogP contribution in [0.15, 0.2) is 36.4 Å². The summed E-state index contributed by atoms with van der Waals surface area (Å²) in [4.78, 5) is 16.0. The molecule has 0 bridgehead atoms. The van der Waals surface area contributed by atoms with Gasteiger partial charge in [-0.15, -0.1) is 0 Å². The van der Waals surface area contributed by atoms with Crippen LogP contribution in [0.25, 0.3) is 11.0 Å². The number of carbonyl (C=O) groups is 1. The predicted octanol–water partition coefficient (Wildman–Crippen LogP) is 2.69. The Bertz CT molecular complexity index is 987. The number of aromatic nitrogens is 2. The van der Waals surface area contributed by atoms with Crippen LogP contribution in [0.4, 0.5) is 16.0 Å². The first-order valence-corrected chi connectivity index (χ1v) is 7.18. The third kappa shape index (κ3) is 2.65. The van der Waals surface area contributed by atoms with Crippen LogP contribution < -0.4 is 10.6 Å². The predicted molar refractivity (Wildman–Crippen MR) is 88.5 cm³/mol. The molecule has 7 heteroatoms. The Morgan fingerprint density at radius 1 is 1.33 bits per heavy atom. The number of hydrogen-bond acceptors (Lipinski definition) is 4.